The predicted octanol–water partition coefficient (Wildman–Crippen LogP) is -2.07. The van der Waals surface area contributed by atoms with Gasteiger partial charge in [-0.1, -0.05) is 0 Å². The lowest BCUT2D eigenvalue weighted by Gasteiger charge is -2.15. The summed E-state index contributed by atoms with van der Waals surface area (Å²) in [4.78, 5) is 23.3. The van der Waals surface area contributed by atoms with Crippen LogP contribution in [0.15, 0.2) is 0 Å². The lowest BCUT2D eigenvalue weighted by Crippen LogP contribution is -2.43. The summed E-state index contributed by atoms with van der Waals surface area (Å²) in [5, 5.41) is 19.6. The Kier molecular flexibility index (Phi) is 5.82. The first-order valence-electron chi connectivity index (χ1n) is 4.31. The fraction of sp³-hybridized carbons (Fsp3) is 0.750. The first kappa shape index (κ1) is 12.9. The monoisotopic (exact) mass is 204 g/mol. The summed E-state index contributed by atoms with van der Waals surface area (Å²) in [5.74, 6) is -1.50. The molecule has 0 heterocycles. The molecule has 0 aliphatic heterocycles. The molecule has 14 heavy (non-hydrogen) atoms. The Bertz CT molecular complexity index is 206. The van der Waals surface area contributed by atoms with Crippen molar-refractivity contribution < 1.29 is 19.8 Å². The van der Waals surface area contributed by atoms with Gasteiger partial charge in [0.1, 0.15) is 0 Å². The quantitative estimate of drug-likeness (QED) is 0.459. The van der Waals surface area contributed by atoms with Crippen LogP contribution in [-0.2, 0) is 9.59 Å². The number of nitrogens with zero attached hydrogens (tertiary/aromatic N) is 1. The van der Waals surface area contributed by atoms with Crippen molar-refractivity contribution in [3.63, 3.8) is 0 Å². The van der Waals surface area contributed by atoms with Crippen molar-refractivity contribution in [1.29, 1.82) is 0 Å². The van der Waals surface area contributed by atoms with E-state index in [9.17, 15) is 9.59 Å². The summed E-state index contributed by atoms with van der Waals surface area (Å²) in [6, 6.07) is 0. The molecule has 0 rings (SSSR count). The Hall–Kier alpha value is -1.14. The van der Waals surface area contributed by atoms with E-state index in [2.05, 4.69) is 5.32 Å². The molecule has 6 heteroatoms. The van der Waals surface area contributed by atoms with Gasteiger partial charge in [0.25, 0.3) is 0 Å². The van der Waals surface area contributed by atoms with Crippen LogP contribution in [0.3, 0.4) is 0 Å². The molecule has 0 bridgehead atoms. The van der Waals surface area contributed by atoms with Gasteiger partial charge in [-0.25, -0.2) is 0 Å². The normalized spacial score (nSPS) is 12.0. The molecule has 0 fully saturated rings. The van der Waals surface area contributed by atoms with Crippen molar-refractivity contribution in [1.82, 2.24) is 10.2 Å². The second-order valence-electron chi connectivity index (χ2n) is 3.01. The molecule has 0 saturated carbocycles. The molecular weight excluding hydrogens is 188 g/mol. The van der Waals surface area contributed by atoms with Crippen LogP contribution in [0.2, 0.25) is 0 Å². The average Bonchev–Trinajstić information content (AvgIpc) is 2.13. The van der Waals surface area contributed by atoms with Crippen molar-refractivity contribution >= 4 is 11.8 Å². The SMILES string of the molecule is CC(O)CNC(=O)C(=O)N(C)CCO. The summed E-state index contributed by atoms with van der Waals surface area (Å²) >= 11 is 0. The standard InChI is InChI=1S/C8H16N2O4/c1-6(12)5-9-7(13)8(14)10(2)3-4-11/h6,11-12H,3-5H2,1-2H3,(H,9,13). The third-order valence-electron chi connectivity index (χ3n) is 1.53. The van der Waals surface area contributed by atoms with E-state index in [1.807, 2.05) is 0 Å². The van der Waals surface area contributed by atoms with E-state index < -0.39 is 17.9 Å². The molecule has 0 radical (unpaired) electrons. The minimum Gasteiger partial charge on any atom is -0.395 e. The van der Waals surface area contributed by atoms with Crippen molar-refractivity contribution in [2.75, 3.05) is 26.7 Å². The molecule has 0 aromatic heterocycles. The highest BCUT2D eigenvalue weighted by atomic mass is 16.3. The highest BCUT2D eigenvalue weighted by Crippen LogP contribution is 1.85. The molecule has 3 N–H and O–H groups in total. The summed E-state index contributed by atoms with van der Waals surface area (Å²) in [7, 11) is 1.42. The van der Waals surface area contributed by atoms with E-state index >= 15 is 0 Å². The number of nitrogens with one attached hydrogen (secondary N) is 1. The number of amides is 2. The maximum atomic E-state index is 11.2. The van der Waals surface area contributed by atoms with Crippen LogP contribution in [-0.4, -0.2) is 59.8 Å². The molecule has 6 nitrogen and oxygen atoms in total. The van der Waals surface area contributed by atoms with Crippen LogP contribution < -0.4 is 5.32 Å². The minimum absolute atomic E-state index is 0.0392. The molecule has 0 aromatic carbocycles. The van der Waals surface area contributed by atoms with E-state index in [-0.39, 0.29) is 19.7 Å². The third kappa shape index (κ3) is 4.78. The Morgan fingerprint density at radius 1 is 1.50 bits per heavy atom. The van der Waals surface area contributed by atoms with Gasteiger partial charge in [0.2, 0.25) is 0 Å². The molecule has 0 aliphatic carbocycles. The Morgan fingerprint density at radius 2 is 2.07 bits per heavy atom. The van der Waals surface area contributed by atoms with Gasteiger partial charge in [0.15, 0.2) is 0 Å². The molecule has 1 atom stereocenters. The van der Waals surface area contributed by atoms with E-state index in [0.717, 1.165) is 4.90 Å². The van der Waals surface area contributed by atoms with Crippen LogP contribution in [0.4, 0.5) is 0 Å². The number of carbonyl (C=O) groups is 2. The van der Waals surface area contributed by atoms with Crippen LogP contribution >= 0.6 is 0 Å². The van der Waals surface area contributed by atoms with Crippen molar-refractivity contribution in [3.05, 3.63) is 0 Å². The van der Waals surface area contributed by atoms with Gasteiger partial charge in [-0.05, 0) is 6.92 Å². The van der Waals surface area contributed by atoms with Crippen molar-refractivity contribution in [2.24, 2.45) is 0 Å². The number of hydrogen-bond donors (Lipinski definition) is 3. The Morgan fingerprint density at radius 3 is 2.50 bits per heavy atom. The van der Waals surface area contributed by atoms with Crippen LogP contribution in [0.5, 0.6) is 0 Å². The summed E-state index contributed by atoms with van der Waals surface area (Å²) < 4.78 is 0. The fourth-order valence-electron chi connectivity index (χ4n) is 0.741. The van der Waals surface area contributed by atoms with Gasteiger partial charge in [-0.15, -0.1) is 0 Å². The van der Waals surface area contributed by atoms with Gasteiger partial charge in [-0.3, -0.25) is 9.59 Å². The molecule has 0 spiro atoms. The first-order valence-corrected chi connectivity index (χ1v) is 4.31. The largest absolute Gasteiger partial charge is 0.395 e. The zero-order valence-corrected chi connectivity index (χ0v) is 8.36. The second kappa shape index (κ2) is 6.33. The smallest absolute Gasteiger partial charge is 0.311 e. The van der Waals surface area contributed by atoms with Crippen LogP contribution in [0, 0.1) is 0 Å². The minimum atomic E-state index is -0.776. The summed E-state index contributed by atoms with van der Waals surface area (Å²) in [6.45, 7) is 1.46. The highest BCUT2D eigenvalue weighted by Gasteiger charge is 2.17. The van der Waals surface area contributed by atoms with Gasteiger partial charge in [0.05, 0.1) is 12.7 Å². The van der Waals surface area contributed by atoms with E-state index in [4.69, 9.17) is 10.2 Å². The molecule has 82 valence electrons. The van der Waals surface area contributed by atoms with E-state index in [1.54, 1.807) is 0 Å². The summed E-state index contributed by atoms with van der Waals surface area (Å²) in [5.41, 5.74) is 0. The molecular formula is C8H16N2O4. The van der Waals surface area contributed by atoms with Gasteiger partial charge < -0.3 is 20.4 Å². The number of likely N-dealkylation sites (N-methyl/N-ethyl adjacent to an activating group) is 1. The fourth-order valence-corrected chi connectivity index (χ4v) is 0.741. The van der Waals surface area contributed by atoms with Gasteiger partial charge >= 0.3 is 11.8 Å². The zero-order chi connectivity index (χ0) is 11.1. The number of rotatable bonds is 4. The van der Waals surface area contributed by atoms with Crippen molar-refractivity contribution in [3.8, 4) is 0 Å². The molecule has 2 amide bonds. The Labute approximate surface area is 82.5 Å². The average molecular weight is 204 g/mol. The van der Waals surface area contributed by atoms with Crippen LogP contribution in [0.1, 0.15) is 6.92 Å². The van der Waals surface area contributed by atoms with Gasteiger partial charge in [-0.2, -0.15) is 0 Å². The number of aliphatic hydroxyl groups is 2. The van der Waals surface area contributed by atoms with E-state index in [1.165, 1.54) is 14.0 Å². The lowest BCUT2D eigenvalue weighted by atomic mass is 10.4. The zero-order valence-electron chi connectivity index (χ0n) is 8.36. The predicted molar refractivity (Wildman–Crippen MR) is 49.4 cm³/mol. The third-order valence-corrected chi connectivity index (χ3v) is 1.53. The lowest BCUT2D eigenvalue weighted by molar-refractivity contribution is -0.145. The van der Waals surface area contributed by atoms with Crippen molar-refractivity contribution in [2.45, 2.75) is 13.0 Å². The topological polar surface area (TPSA) is 89.9 Å². The summed E-state index contributed by atoms with van der Waals surface area (Å²) in [6.07, 6.45) is -0.685. The number of hydrogen-bond acceptors (Lipinski definition) is 4. The first-order chi connectivity index (χ1) is 6.49. The Balaban J connectivity index is 3.93. The molecule has 0 aromatic rings. The second-order valence-corrected chi connectivity index (χ2v) is 3.01. The van der Waals surface area contributed by atoms with Gasteiger partial charge in [0, 0.05) is 20.1 Å². The number of aliphatic hydroxyl groups excluding tert-OH is 2. The maximum absolute atomic E-state index is 11.2. The number of carbonyl (C=O) groups excluding carboxylic acids is 2. The highest BCUT2D eigenvalue weighted by molar-refractivity contribution is 6.34. The molecule has 0 aliphatic rings. The van der Waals surface area contributed by atoms with Crippen LogP contribution in [0.25, 0.3) is 0 Å². The molecule has 1 unspecified atom stereocenters. The molecule has 0 saturated heterocycles. The van der Waals surface area contributed by atoms with E-state index in [0.29, 0.717) is 0 Å². The maximum Gasteiger partial charge on any atom is 0.311 e.